The summed E-state index contributed by atoms with van der Waals surface area (Å²) >= 11 is 0. The van der Waals surface area contributed by atoms with Crippen LogP contribution < -0.4 is 5.32 Å². The van der Waals surface area contributed by atoms with Crippen LogP contribution >= 0.6 is 0 Å². The zero-order valence-electron chi connectivity index (χ0n) is 11.6. The number of aromatic nitrogens is 1. The van der Waals surface area contributed by atoms with Gasteiger partial charge in [0.1, 0.15) is 5.52 Å². The van der Waals surface area contributed by atoms with Crippen molar-refractivity contribution in [2.24, 2.45) is 0 Å². The van der Waals surface area contributed by atoms with Gasteiger partial charge in [-0.2, -0.15) is 0 Å². The molecule has 0 aliphatic carbocycles. The highest BCUT2D eigenvalue weighted by Gasteiger charge is 2.38. The van der Waals surface area contributed by atoms with Crippen LogP contribution in [0, 0.1) is 0 Å². The van der Waals surface area contributed by atoms with Crippen molar-refractivity contribution in [3.05, 3.63) is 24.1 Å². The predicted octanol–water partition coefficient (Wildman–Crippen LogP) is 2.22. The van der Waals surface area contributed by atoms with Crippen LogP contribution in [0.1, 0.15) is 32.1 Å². The van der Waals surface area contributed by atoms with Crippen LogP contribution in [0.15, 0.2) is 27.5 Å². The molecule has 1 unspecified atom stereocenters. The molecule has 1 aromatic heterocycles. The van der Waals surface area contributed by atoms with E-state index in [1.165, 1.54) is 6.26 Å². The molecule has 20 heavy (non-hydrogen) atoms. The lowest BCUT2D eigenvalue weighted by Gasteiger charge is -2.23. The molecular weight excluding hydrogens is 276 g/mol. The lowest BCUT2D eigenvalue weighted by Crippen LogP contribution is -2.36. The molecule has 2 aromatic rings. The minimum absolute atomic E-state index is 0.204. The van der Waals surface area contributed by atoms with Gasteiger partial charge in [-0.3, -0.25) is 0 Å². The number of rotatable bonds is 3. The largest absolute Gasteiger partial charge is 0.439 e. The average molecular weight is 294 g/mol. The van der Waals surface area contributed by atoms with Gasteiger partial charge in [-0.05, 0) is 44.0 Å². The molecule has 0 spiro atoms. The highest BCUT2D eigenvalue weighted by atomic mass is 32.2. The van der Waals surface area contributed by atoms with Crippen molar-refractivity contribution in [2.45, 2.75) is 36.6 Å². The lowest BCUT2D eigenvalue weighted by molar-refractivity contribution is 0.292. The Labute approximate surface area is 118 Å². The Morgan fingerprint density at radius 3 is 2.85 bits per heavy atom. The van der Waals surface area contributed by atoms with Crippen LogP contribution in [0.2, 0.25) is 0 Å². The third-order valence-electron chi connectivity index (χ3n) is 4.04. The first-order valence-electron chi connectivity index (χ1n) is 6.81. The molecular formula is C14H18N2O3S. The highest BCUT2D eigenvalue weighted by molar-refractivity contribution is 7.90. The van der Waals surface area contributed by atoms with Gasteiger partial charge in [0.05, 0.1) is 10.4 Å². The SMILES string of the molecule is CCC1(c2nc3cc(S(C)(=O)=O)ccc3o2)CCCN1. The van der Waals surface area contributed by atoms with Gasteiger partial charge < -0.3 is 9.73 Å². The number of hydrogen-bond donors (Lipinski definition) is 1. The smallest absolute Gasteiger partial charge is 0.215 e. The Balaban J connectivity index is 2.11. The summed E-state index contributed by atoms with van der Waals surface area (Å²) in [5.41, 5.74) is 1.03. The average Bonchev–Trinajstić information content (AvgIpc) is 3.04. The molecule has 5 nitrogen and oxygen atoms in total. The van der Waals surface area contributed by atoms with E-state index in [0.29, 0.717) is 17.0 Å². The maximum Gasteiger partial charge on any atom is 0.215 e. The van der Waals surface area contributed by atoms with E-state index in [2.05, 4.69) is 17.2 Å². The topological polar surface area (TPSA) is 72.2 Å². The fourth-order valence-electron chi connectivity index (χ4n) is 2.78. The van der Waals surface area contributed by atoms with Crippen molar-refractivity contribution in [1.29, 1.82) is 0 Å². The molecule has 108 valence electrons. The summed E-state index contributed by atoms with van der Waals surface area (Å²) in [5.74, 6) is 0.665. The number of benzene rings is 1. The monoisotopic (exact) mass is 294 g/mol. The minimum atomic E-state index is -3.22. The Kier molecular flexibility index (Phi) is 3.10. The van der Waals surface area contributed by atoms with E-state index in [9.17, 15) is 8.42 Å². The summed E-state index contributed by atoms with van der Waals surface area (Å²) < 4.78 is 29.0. The van der Waals surface area contributed by atoms with E-state index in [4.69, 9.17) is 4.42 Å². The highest BCUT2D eigenvalue weighted by Crippen LogP contribution is 2.35. The molecule has 1 aliphatic rings. The summed E-state index contributed by atoms with van der Waals surface area (Å²) in [7, 11) is -3.22. The van der Waals surface area contributed by atoms with Gasteiger partial charge in [0.2, 0.25) is 5.89 Å². The molecule has 3 rings (SSSR count). The van der Waals surface area contributed by atoms with Gasteiger partial charge in [0.25, 0.3) is 0 Å². The van der Waals surface area contributed by atoms with Crippen LogP contribution in [0.25, 0.3) is 11.1 Å². The zero-order valence-corrected chi connectivity index (χ0v) is 12.5. The molecule has 6 heteroatoms. The second-order valence-corrected chi connectivity index (χ2v) is 7.40. The number of hydrogen-bond acceptors (Lipinski definition) is 5. The van der Waals surface area contributed by atoms with E-state index in [0.717, 1.165) is 25.8 Å². The first-order chi connectivity index (χ1) is 9.44. The van der Waals surface area contributed by atoms with Gasteiger partial charge in [-0.1, -0.05) is 6.92 Å². The van der Waals surface area contributed by atoms with Crippen LogP contribution in [0.4, 0.5) is 0 Å². The summed E-state index contributed by atoms with van der Waals surface area (Å²) in [6, 6.07) is 4.82. The molecule has 1 aromatic carbocycles. The van der Waals surface area contributed by atoms with E-state index in [1.807, 2.05) is 0 Å². The van der Waals surface area contributed by atoms with E-state index >= 15 is 0 Å². The minimum Gasteiger partial charge on any atom is -0.439 e. The van der Waals surface area contributed by atoms with E-state index in [1.54, 1.807) is 18.2 Å². The Morgan fingerprint density at radius 2 is 2.25 bits per heavy atom. The van der Waals surface area contributed by atoms with E-state index < -0.39 is 9.84 Å². The number of sulfone groups is 1. The Morgan fingerprint density at radius 1 is 1.45 bits per heavy atom. The van der Waals surface area contributed by atoms with Crippen molar-refractivity contribution >= 4 is 20.9 Å². The van der Waals surface area contributed by atoms with Gasteiger partial charge >= 0.3 is 0 Å². The zero-order chi connectivity index (χ0) is 14.4. The van der Waals surface area contributed by atoms with Gasteiger partial charge in [0, 0.05) is 6.26 Å². The summed E-state index contributed by atoms with van der Waals surface area (Å²) in [6.45, 7) is 3.07. The Hall–Kier alpha value is -1.40. The van der Waals surface area contributed by atoms with Crippen molar-refractivity contribution in [1.82, 2.24) is 10.3 Å². The van der Waals surface area contributed by atoms with Gasteiger partial charge in [-0.25, -0.2) is 13.4 Å². The number of oxazole rings is 1. The third-order valence-corrected chi connectivity index (χ3v) is 5.15. The fraction of sp³-hybridized carbons (Fsp3) is 0.500. The molecule has 0 saturated carbocycles. The first-order valence-corrected chi connectivity index (χ1v) is 8.70. The van der Waals surface area contributed by atoms with Crippen LogP contribution in [0.3, 0.4) is 0 Å². The van der Waals surface area contributed by atoms with Crippen molar-refractivity contribution in [2.75, 3.05) is 12.8 Å². The maximum atomic E-state index is 11.6. The second-order valence-electron chi connectivity index (χ2n) is 5.39. The van der Waals surface area contributed by atoms with Crippen LogP contribution in [-0.4, -0.2) is 26.2 Å². The van der Waals surface area contributed by atoms with Gasteiger partial charge in [0.15, 0.2) is 15.4 Å². The molecule has 1 aliphatic heterocycles. The lowest BCUT2D eigenvalue weighted by atomic mass is 9.94. The Bertz CT molecular complexity index is 743. The number of nitrogens with one attached hydrogen (secondary N) is 1. The normalized spacial score (nSPS) is 23.5. The predicted molar refractivity (Wildman–Crippen MR) is 76.3 cm³/mol. The van der Waals surface area contributed by atoms with Crippen molar-refractivity contribution < 1.29 is 12.8 Å². The molecule has 0 radical (unpaired) electrons. The number of nitrogens with zero attached hydrogens (tertiary/aromatic N) is 1. The summed E-state index contributed by atoms with van der Waals surface area (Å²) in [5, 5.41) is 3.47. The molecule has 2 heterocycles. The van der Waals surface area contributed by atoms with Crippen molar-refractivity contribution in [3.63, 3.8) is 0 Å². The van der Waals surface area contributed by atoms with Gasteiger partial charge in [-0.15, -0.1) is 0 Å². The third kappa shape index (κ3) is 2.13. The molecule has 0 amide bonds. The molecule has 1 N–H and O–H groups in total. The standard InChI is InChI=1S/C14H18N2O3S/c1-3-14(7-4-8-15-14)13-16-11-9-10(20(2,17)18)5-6-12(11)19-13/h5-6,9,15H,3-4,7-8H2,1-2H3. The molecule has 1 atom stereocenters. The summed E-state index contributed by atoms with van der Waals surface area (Å²) in [6.07, 6.45) is 4.19. The van der Waals surface area contributed by atoms with Crippen molar-refractivity contribution in [3.8, 4) is 0 Å². The fourth-order valence-corrected chi connectivity index (χ4v) is 3.43. The molecule has 1 saturated heterocycles. The maximum absolute atomic E-state index is 11.6. The van der Waals surface area contributed by atoms with Crippen LogP contribution in [-0.2, 0) is 15.4 Å². The quantitative estimate of drug-likeness (QED) is 0.939. The second kappa shape index (κ2) is 4.56. The van der Waals surface area contributed by atoms with E-state index in [-0.39, 0.29) is 10.4 Å². The first kappa shape index (κ1) is 13.6. The number of fused-ring (bicyclic) bond motifs is 1. The molecule has 1 fully saturated rings. The molecule has 0 bridgehead atoms. The summed E-state index contributed by atoms with van der Waals surface area (Å²) in [4.78, 5) is 4.79. The van der Waals surface area contributed by atoms with Crippen LogP contribution in [0.5, 0.6) is 0 Å².